The molecule has 3 nitrogen and oxygen atoms in total. The van der Waals surface area contributed by atoms with Crippen molar-refractivity contribution in [3.8, 4) is 0 Å². The number of aliphatic carboxylic acids is 1. The minimum Gasteiger partial charge on any atom is -0.481 e. The van der Waals surface area contributed by atoms with Gasteiger partial charge in [0.15, 0.2) is 0 Å². The molecule has 0 aliphatic heterocycles. The number of nitrogens with zero attached hydrogens (tertiary/aromatic N) is 1. The molecule has 2 rings (SSSR count). The number of hydrogen-bond donors (Lipinski definition) is 1. The molecular weight excluding hydrogens is 267 g/mol. The Hall–Kier alpha value is -1.63. The van der Waals surface area contributed by atoms with Gasteiger partial charge in [-0.05, 0) is 12.1 Å². The smallest absolute Gasteiger partial charge is 0.398 e. The minimum atomic E-state index is -4.60. The van der Waals surface area contributed by atoms with E-state index in [0.717, 1.165) is 11.3 Å². The number of fused-ring (bicyclic) bond motifs is 1. The summed E-state index contributed by atoms with van der Waals surface area (Å²) in [6, 6.07) is 6.63. The van der Waals surface area contributed by atoms with Crippen LogP contribution < -0.4 is 0 Å². The van der Waals surface area contributed by atoms with Gasteiger partial charge in [-0.3, -0.25) is 4.79 Å². The number of carboxylic acid groups (broad SMARTS) is 1. The Balaban J connectivity index is 2.44. The van der Waals surface area contributed by atoms with Gasteiger partial charge < -0.3 is 5.11 Å². The zero-order valence-corrected chi connectivity index (χ0v) is 9.76. The van der Waals surface area contributed by atoms with Crippen molar-refractivity contribution in [2.75, 3.05) is 0 Å². The van der Waals surface area contributed by atoms with Gasteiger partial charge in [-0.2, -0.15) is 13.2 Å². The van der Waals surface area contributed by atoms with Crippen LogP contribution >= 0.6 is 11.3 Å². The lowest BCUT2D eigenvalue weighted by Gasteiger charge is -2.15. The topological polar surface area (TPSA) is 50.2 Å². The van der Waals surface area contributed by atoms with Crippen molar-refractivity contribution in [3.63, 3.8) is 0 Å². The van der Waals surface area contributed by atoms with E-state index in [9.17, 15) is 18.0 Å². The third-order valence-corrected chi connectivity index (χ3v) is 3.53. The Bertz CT molecular complexity index is 546. The van der Waals surface area contributed by atoms with E-state index in [4.69, 9.17) is 5.11 Å². The number of thiazole rings is 1. The molecule has 7 heteroatoms. The van der Waals surface area contributed by atoms with Gasteiger partial charge in [0.2, 0.25) is 0 Å². The van der Waals surface area contributed by atoms with Crippen LogP contribution in [0.5, 0.6) is 0 Å². The number of aromatic nitrogens is 1. The van der Waals surface area contributed by atoms with Gasteiger partial charge in [-0.25, -0.2) is 4.98 Å². The number of alkyl halides is 3. The van der Waals surface area contributed by atoms with E-state index in [1.807, 2.05) is 0 Å². The van der Waals surface area contributed by atoms with Crippen LogP contribution in [0.2, 0.25) is 0 Å². The van der Waals surface area contributed by atoms with Crippen LogP contribution in [0.4, 0.5) is 13.2 Å². The predicted molar refractivity (Wildman–Crippen MR) is 60.7 cm³/mol. The minimum absolute atomic E-state index is 0.203. The fraction of sp³-hybridized carbons (Fsp3) is 0.273. The molecule has 0 radical (unpaired) electrons. The molecular formula is C11H8F3NO2S. The first-order valence-corrected chi connectivity index (χ1v) is 5.83. The van der Waals surface area contributed by atoms with Gasteiger partial charge in [-0.15, -0.1) is 11.3 Å². The zero-order valence-electron chi connectivity index (χ0n) is 8.94. The highest BCUT2D eigenvalue weighted by Crippen LogP contribution is 2.40. The summed E-state index contributed by atoms with van der Waals surface area (Å²) in [4.78, 5) is 14.4. The van der Waals surface area contributed by atoms with Crippen molar-refractivity contribution >= 4 is 27.5 Å². The predicted octanol–water partition coefficient (Wildman–Crippen LogP) is 3.42. The average molecular weight is 275 g/mol. The Kier molecular flexibility index (Phi) is 3.25. The molecule has 0 amide bonds. The quantitative estimate of drug-likeness (QED) is 0.933. The lowest BCUT2D eigenvalue weighted by molar-refractivity contribution is -0.163. The first kappa shape index (κ1) is 12.8. The van der Waals surface area contributed by atoms with E-state index in [1.165, 1.54) is 0 Å². The summed E-state index contributed by atoms with van der Waals surface area (Å²) in [5.74, 6) is -3.54. The standard InChI is InChI=1S/C11H8F3NO2S/c12-11(13,14)6(5-9(16)17)10-15-7-3-1-2-4-8(7)18-10/h1-4,6H,5H2,(H,16,17). The second-order valence-corrected chi connectivity index (χ2v) is 4.77. The second-order valence-electron chi connectivity index (χ2n) is 3.71. The first-order valence-electron chi connectivity index (χ1n) is 5.02. The first-order chi connectivity index (χ1) is 8.38. The lowest BCUT2D eigenvalue weighted by atomic mass is 10.1. The van der Waals surface area contributed by atoms with Crippen LogP contribution in [0.3, 0.4) is 0 Å². The van der Waals surface area contributed by atoms with E-state index in [-0.39, 0.29) is 5.01 Å². The van der Waals surface area contributed by atoms with Crippen LogP contribution in [0.15, 0.2) is 24.3 Å². The SMILES string of the molecule is O=C(O)CC(c1nc2ccccc2s1)C(F)(F)F. The van der Waals surface area contributed by atoms with E-state index in [0.29, 0.717) is 10.2 Å². The number of rotatable bonds is 3. The van der Waals surface area contributed by atoms with Crippen LogP contribution in [-0.4, -0.2) is 22.2 Å². The summed E-state index contributed by atoms with van der Waals surface area (Å²) < 4.78 is 39.0. The van der Waals surface area contributed by atoms with Crippen molar-refractivity contribution in [1.29, 1.82) is 0 Å². The number of carbonyl (C=O) groups is 1. The molecule has 2 aromatic rings. The highest BCUT2D eigenvalue weighted by molar-refractivity contribution is 7.18. The Morgan fingerprint density at radius 1 is 1.39 bits per heavy atom. The maximum absolute atomic E-state index is 12.8. The van der Waals surface area contributed by atoms with Crippen molar-refractivity contribution in [2.45, 2.75) is 18.5 Å². The average Bonchev–Trinajstić information content (AvgIpc) is 2.67. The number of para-hydroxylation sites is 1. The van der Waals surface area contributed by atoms with Gasteiger partial charge in [0.25, 0.3) is 0 Å². The van der Waals surface area contributed by atoms with Gasteiger partial charge in [-0.1, -0.05) is 12.1 Å². The molecule has 1 aromatic heterocycles. The zero-order chi connectivity index (χ0) is 13.3. The molecule has 0 fully saturated rings. The molecule has 0 aliphatic carbocycles. The highest BCUT2D eigenvalue weighted by atomic mass is 32.1. The second kappa shape index (κ2) is 4.56. The molecule has 1 unspecified atom stereocenters. The van der Waals surface area contributed by atoms with E-state index < -0.39 is 24.5 Å². The summed E-state index contributed by atoms with van der Waals surface area (Å²) in [5.41, 5.74) is 0.456. The largest absolute Gasteiger partial charge is 0.481 e. The fourth-order valence-corrected chi connectivity index (χ4v) is 2.65. The molecule has 1 N–H and O–H groups in total. The molecule has 0 bridgehead atoms. The molecule has 18 heavy (non-hydrogen) atoms. The van der Waals surface area contributed by atoms with Gasteiger partial charge in [0.05, 0.1) is 16.6 Å². The van der Waals surface area contributed by atoms with Gasteiger partial charge in [0.1, 0.15) is 10.9 Å². The summed E-state index contributed by atoms with van der Waals surface area (Å²) in [6.45, 7) is 0. The molecule has 1 aromatic carbocycles. The maximum atomic E-state index is 12.8. The molecule has 0 aliphatic rings. The van der Waals surface area contributed by atoms with Crippen molar-refractivity contribution in [3.05, 3.63) is 29.3 Å². The summed E-state index contributed by atoms with van der Waals surface area (Å²) in [5, 5.41) is 8.36. The van der Waals surface area contributed by atoms with Crippen molar-refractivity contribution in [1.82, 2.24) is 4.98 Å². The van der Waals surface area contributed by atoms with Crippen LogP contribution in [-0.2, 0) is 4.79 Å². The highest BCUT2D eigenvalue weighted by Gasteiger charge is 2.44. The number of halogens is 3. The summed E-state index contributed by atoms with van der Waals surface area (Å²) >= 11 is 0.880. The Morgan fingerprint density at radius 3 is 2.61 bits per heavy atom. The summed E-state index contributed by atoms with van der Waals surface area (Å²) in [6.07, 6.45) is -5.60. The normalized spacial score (nSPS) is 13.7. The molecule has 1 atom stereocenters. The maximum Gasteiger partial charge on any atom is 0.398 e. The fourth-order valence-electron chi connectivity index (χ4n) is 1.56. The van der Waals surface area contributed by atoms with Crippen LogP contribution in [0.1, 0.15) is 17.3 Å². The van der Waals surface area contributed by atoms with Gasteiger partial charge >= 0.3 is 12.1 Å². The molecule has 1 heterocycles. The number of carboxylic acids is 1. The molecule has 0 saturated heterocycles. The summed E-state index contributed by atoms with van der Waals surface area (Å²) in [7, 11) is 0. The van der Waals surface area contributed by atoms with Crippen LogP contribution in [0, 0.1) is 0 Å². The number of benzene rings is 1. The van der Waals surface area contributed by atoms with Crippen LogP contribution in [0.25, 0.3) is 10.2 Å². The third kappa shape index (κ3) is 2.61. The Labute approximate surface area is 104 Å². The van der Waals surface area contributed by atoms with Crippen molar-refractivity contribution in [2.24, 2.45) is 0 Å². The molecule has 0 spiro atoms. The van der Waals surface area contributed by atoms with E-state index >= 15 is 0 Å². The number of hydrogen-bond acceptors (Lipinski definition) is 3. The van der Waals surface area contributed by atoms with E-state index in [2.05, 4.69) is 4.98 Å². The van der Waals surface area contributed by atoms with Crippen molar-refractivity contribution < 1.29 is 23.1 Å². The Morgan fingerprint density at radius 2 is 2.06 bits per heavy atom. The van der Waals surface area contributed by atoms with Gasteiger partial charge in [0, 0.05) is 0 Å². The molecule has 96 valence electrons. The lowest BCUT2D eigenvalue weighted by Crippen LogP contribution is -2.23. The monoisotopic (exact) mass is 275 g/mol. The van der Waals surface area contributed by atoms with E-state index in [1.54, 1.807) is 24.3 Å². The third-order valence-electron chi connectivity index (χ3n) is 2.38. The molecule has 0 saturated carbocycles.